The maximum atomic E-state index is 13.1. The van der Waals surface area contributed by atoms with E-state index >= 15 is 0 Å². The number of carbonyl (C=O) groups is 2. The molecule has 2 aromatic rings. The van der Waals surface area contributed by atoms with Crippen molar-refractivity contribution in [3.63, 3.8) is 0 Å². The van der Waals surface area contributed by atoms with Gasteiger partial charge in [-0.15, -0.1) is 0 Å². The average Bonchev–Trinajstić information content (AvgIpc) is 3.45. The number of carboxylic acid groups (broad SMARTS) is 1. The Morgan fingerprint density at radius 1 is 1.26 bits per heavy atom. The molecule has 4 rings (SSSR count). The SMILES string of the molecule is CC(C)=CCN1CCc2nc(C(=O)N3CCC[C@H]3c3nc(C)no3)cn2CC1.O=CO. The van der Waals surface area contributed by atoms with Crippen LogP contribution in [0.15, 0.2) is 22.4 Å². The smallest absolute Gasteiger partial charge is 0.290 e. The molecule has 4 heterocycles. The van der Waals surface area contributed by atoms with Crippen LogP contribution in [0.5, 0.6) is 0 Å². The van der Waals surface area contributed by atoms with Crippen molar-refractivity contribution < 1.29 is 19.2 Å². The molecule has 2 aliphatic rings. The summed E-state index contributed by atoms with van der Waals surface area (Å²) in [4.78, 5) is 34.8. The topological polar surface area (TPSA) is 118 Å². The molecule has 10 heteroatoms. The third-order valence-corrected chi connectivity index (χ3v) is 5.49. The van der Waals surface area contributed by atoms with Crippen LogP contribution < -0.4 is 0 Å². The maximum absolute atomic E-state index is 13.1. The van der Waals surface area contributed by atoms with E-state index < -0.39 is 0 Å². The fourth-order valence-electron chi connectivity index (χ4n) is 3.93. The number of carbonyl (C=O) groups excluding carboxylic acids is 1. The van der Waals surface area contributed by atoms with Crippen LogP contribution in [-0.4, -0.2) is 73.2 Å². The van der Waals surface area contributed by atoms with E-state index in [1.54, 1.807) is 6.92 Å². The van der Waals surface area contributed by atoms with Crippen molar-refractivity contribution in [1.82, 2.24) is 29.5 Å². The molecule has 1 fully saturated rings. The van der Waals surface area contributed by atoms with Gasteiger partial charge in [0.1, 0.15) is 17.6 Å². The molecule has 1 N–H and O–H groups in total. The highest BCUT2D eigenvalue weighted by Crippen LogP contribution is 2.32. The van der Waals surface area contributed by atoms with Gasteiger partial charge in [-0.25, -0.2) is 4.98 Å². The van der Waals surface area contributed by atoms with Gasteiger partial charge in [0.05, 0.1) is 0 Å². The summed E-state index contributed by atoms with van der Waals surface area (Å²) in [6.45, 7) is 10.3. The van der Waals surface area contributed by atoms with Crippen molar-refractivity contribution in [2.75, 3.05) is 26.2 Å². The highest BCUT2D eigenvalue weighted by atomic mass is 16.5. The maximum Gasteiger partial charge on any atom is 0.290 e. The molecule has 168 valence electrons. The molecule has 10 nitrogen and oxygen atoms in total. The van der Waals surface area contributed by atoms with Crippen molar-refractivity contribution in [3.8, 4) is 0 Å². The Balaban J connectivity index is 0.000000858. The minimum absolute atomic E-state index is 0.0414. The van der Waals surface area contributed by atoms with Gasteiger partial charge in [-0.3, -0.25) is 14.5 Å². The molecule has 0 saturated carbocycles. The largest absolute Gasteiger partial charge is 0.483 e. The van der Waals surface area contributed by atoms with Crippen molar-refractivity contribution in [2.24, 2.45) is 0 Å². The second-order valence-corrected chi connectivity index (χ2v) is 8.01. The zero-order valence-corrected chi connectivity index (χ0v) is 18.3. The van der Waals surface area contributed by atoms with Gasteiger partial charge in [0.25, 0.3) is 12.4 Å². The van der Waals surface area contributed by atoms with Gasteiger partial charge in [-0.2, -0.15) is 4.98 Å². The van der Waals surface area contributed by atoms with Gasteiger partial charge in [0.2, 0.25) is 5.89 Å². The quantitative estimate of drug-likeness (QED) is 0.579. The van der Waals surface area contributed by atoms with E-state index in [4.69, 9.17) is 14.4 Å². The summed E-state index contributed by atoms with van der Waals surface area (Å²) >= 11 is 0. The van der Waals surface area contributed by atoms with Gasteiger partial charge in [-0.05, 0) is 33.6 Å². The number of hydrogen-bond donors (Lipinski definition) is 1. The summed E-state index contributed by atoms with van der Waals surface area (Å²) < 4.78 is 7.46. The lowest BCUT2D eigenvalue weighted by Gasteiger charge is -2.20. The molecule has 0 radical (unpaired) electrons. The lowest BCUT2D eigenvalue weighted by molar-refractivity contribution is -0.122. The lowest BCUT2D eigenvalue weighted by Crippen LogP contribution is -2.31. The van der Waals surface area contributed by atoms with Crippen LogP contribution >= 0.6 is 0 Å². The Bertz CT molecular complexity index is 905. The molecule has 1 saturated heterocycles. The van der Waals surface area contributed by atoms with Crippen LogP contribution in [0.25, 0.3) is 0 Å². The Hall–Kier alpha value is -3.01. The highest BCUT2D eigenvalue weighted by Gasteiger charge is 2.35. The van der Waals surface area contributed by atoms with Crippen LogP contribution in [0.1, 0.15) is 60.8 Å². The summed E-state index contributed by atoms with van der Waals surface area (Å²) in [5.74, 6) is 2.08. The standard InChI is InChI=1S/C20H28N6O2.CH2O2/c1-14(2)6-9-24-10-7-18-22-16(13-25(18)12-11-24)20(27)26-8-4-5-17(26)19-21-15(3)23-28-19;2-1-3/h6,13,17H,4-5,7-12H2,1-3H3;1H,(H,2,3)/t17-;/m0./s1. The molecule has 0 bridgehead atoms. The van der Waals surface area contributed by atoms with E-state index in [1.807, 2.05) is 11.1 Å². The summed E-state index contributed by atoms with van der Waals surface area (Å²) in [7, 11) is 0. The molecule has 0 spiro atoms. The molecular formula is C21H30N6O4. The average molecular weight is 431 g/mol. The summed E-state index contributed by atoms with van der Waals surface area (Å²) in [6, 6.07) is -0.144. The first kappa shape index (κ1) is 22.7. The second-order valence-electron chi connectivity index (χ2n) is 8.01. The summed E-state index contributed by atoms with van der Waals surface area (Å²) in [5, 5.41) is 10.8. The number of hydrogen-bond acceptors (Lipinski definition) is 7. The molecule has 0 unspecified atom stereocenters. The van der Waals surface area contributed by atoms with Crippen LogP contribution in [0.4, 0.5) is 0 Å². The van der Waals surface area contributed by atoms with Gasteiger partial charge < -0.3 is 19.1 Å². The Labute approximate surface area is 181 Å². The second kappa shape index (κ2) is 10.3. The van der Waals surface area contributed by atoms with E-state index in [-0.39, 0.29) is 18.4 Å². The fraction of sp³-hybridized carbons (Fsp3) is 0.571. The van der Waals surface area contributed by atoms with Gasteiger partial charge in [0, 0.05) is 45.3 Å². The fourth-order valence-corrected chi connectivity index (χ4v) is 3.93. The number of aryl methyl sites for hydroxylation is 1. The van der Waals surface area contributed by atoms with Crippen molar-refractivity contribution in [1.29, 1.82) is 0 Å². The van der Waals surface area contributed by atoms with Gasteiger partial charge in [0.15, 0.2) is 5.82 Å². The number of nitrogens with zero attached hydrogens (tertiary/aromatic N) is 6. The van der Waals surface area contributed by atoms with Crippen molar-refractivity contribution >= 4 is 12.4 Å². The first-order chi connectivity index (χ1) is 14.9. The molecule has 2 aliphatic heterocycles. The van der Waals surface area contributed by atoms with Crippen LogP contribution in [-0.2, 0) is 17.8 Å². The molecule has 31 heavy (non-hydrogen) atoms. The zero-order valence-electron chi connectivity index (χ0n) is 18.3. The van der Waals surface area contributed by atoms with Crippen LogP contribution in [0.3, 0.4) is 0 Å². The number of rotatable bonds is 4. The molecule has 2 aromatic heterocycles. The predicted molar refractivity (Wildman–Crippen MR) is 113 cm³/mol. The Morgan fingerprint density at radius 2 is 2.03 bits per heavy atom. The normalized spacial score (nSPS) is 18.5. The minimum Gasteiger partial charge on any atom is -0.483 e. The molecule has 1 amide bonds. The number of fused-ring (bicyclic) bond motifs is 1. The Morgan fingerprint density at radius 3 is 2.71 bits per heavy atom. The van der Waals surface area contributed by atoms with E-state index in [1.165, 1.54) is 5.57 Å². The molecule has 1 atom stereocenters. The number of likely N-dealkylation sites (tertiary alicyclic amines) is 1. The van der Waals surface area contributed by atoms with Crippen molar-refractivity contribution in [3.05, 3.63) is 41.1 Å². The predicted octanol–water partition coefficient (Wildman–Crippen LogP) is 2.08. The number of imidazole rings is 1. The zero-order chi connectivity index (χ0) is 22.4. The van der Waals surface area contributed by atoms with Gasteiger partial charge >= 0.3 is 0 Å². The minimum atomic E-state index is -0.250. The Kier molecular flexibility index (Phi) is 7.56. The van der Waals surface area contributed by atoms with Crippen LogP contribution in [0.2, 0.25) is 0 Å². The first-order valence-corrected chi connectivity index (χ1v) is 10.5. The number of aromatic nitrogens is 4. The molecular weight excluding hydrogens is 400 g/mol. The lowest BCUT2D eigenvalue weighted by atomic mass is 10.2. The molecule has 0 aromatic carbocycles. The van der Waals surface area contributed by atoms with E-state index in [0.717, 1.165) is 51.3 Å². The third kappa shape index (κ3) is 5.57. The summed E-state index contributed by atoms with van der Waals surface area (Å²) in [6.07, 6.45) is 6.81. The highest BCUT2D eigenvalue weighted by molar-refractivity contribution is 5.92. The third-order valence-electron chi connectivity index (χ3n) is 5.49. The summed E-state index contributed by atoms with van der Waals surface area (Å²) in [5.41, 5.74) is 1.86. The molecule has 0 aliphatic carbocycles. The van der Waals surface area contributed by atoms with Crippen LogP contribution in [0, 0.1) is 6.92 Å². The van der Waals surface area contributed by atoms with E-state index in [0.29, 0.717) is 24.0 Å². The first-order valence-electron chi connectivity index (χ1n) is 10.5. The monoisotopic (exact) mass is 430 g/mol. The number of allylic oxidation sites excluding steroid dienone is 1. The van der Waals surface area contributed by atoms with E-state index in [2.05, 4.69) is 44.5 Å². The van der Waals surface area contributed by atoms with Crippen molar-refractivity contribution in [2.45, 2.75) is 52.6 Å². The van der Waals surface area contributed by atoms with Gasteiger partial charge in [-0.1, -0.05) is 16.8 Å². The number of amides is 1. The van der Waals surface area contributed by atoms with E-state index in [9.17, 15) is 4.79 Å².